The van der Waals surface area contributed by atoms with Crippen molar-refractivity contribution in [1.82, 2.24) is 4.98 Å². The van der Waals surface area contributed by atoms with E-state index in [-0.39, 0.29) is 12.1 Å². The minimum atomic E-state index is -0.117. The van der Waals surface area contributed by atoms with Gasteiger partial charge in [-0.25, -0.2) is 4.98 Å². The minimum absolute atomic E-state index is 0.117. The zero-order valence-corrected chi connectivity index (χ0v) is 8.25. The maximum absolute atomic E-state index is 9.15. The van der Waals surface area contributed by atoms with E-state index in [0.717, 1.165) is 24.2 Å². The second-order valence-corrected chi connectivity index (χ2v) is 4.00. The molecule has 4 N–H and O–H groups in total. The number of nitrogens with one attached hydrogen (secondary N) is 1. The van der Waals surface area contributed by atoms with E-state index in [9.17, 15) is 0 Å². The summed E-state index contributed by atoms with van der Waals surface area (Å²) in [4.78, 5) is 4.20. The van der Waals surface area contributed by atoms with Crippen molar-refractivity contribution in [3.05, 3.63) is 17.8 Å². The largest absolute Gasteiger partial charge is 0.397 e. The van der Waals surface area contributed by atoms with Crippen LogP contribution in [-0.2, 0) is 0 Å². The average molecular weight is 193 g/mol. The molecule has 1 saturated carbocycles. The number of anilines is 2. The molecule has 0 bridgehead atoms. The van der Waals surface area contributed by atoms with E-state index in [4.69, 9.17) is 10.8 Å². The fourth-order valence-corrected chi connectivity index (χ4v) is 1.45. The van der Waals surface area contributed by atoms with Crippen molar-refractivity contribution < 1.29 is 5.11 Å². The molecule has 1 aromatic heterocycles. The van der Waals surface area contributed by atoms with Gasteiger partial charge in [0.2, 0.25) is 0 Å². The number of nitrogens with two attached hydrogens (primary N) is 1. The molecule has 4 heteroatoms. The van der Waals surface area contributed by atoms with Crippen LogP contribution in [0.4, 0.5) is 11.5 Å². The third kappa shape index (κ3) is 1.65. The van der Waals surface area contributed by atoms with Gasteiger partial charge in [0.05, 0.1) is 24.0 Å². The van der Waals surface area contributed by atoms with Crippen LogP contribution in [0.15, 0.2) is 12.3 Å². The third-order valence-electron chi connectivity index (χ3n) is 2.64. The van der Waals surface area contributed by atoms with Crippen LogP contribution in [-0.4, -0.2) is 22.2 Å². The van der Waals surface area contributed by atoms with Crippen molar-refractivity contribution in [1.29, 1.82) is 0 Å². The van der Waals surface area contributed by atoms with Gasteiger partial charge < -0.3 is 16.2 Å². The number of rotatable bonds is 3. The Hall–Kier alpha value is -1.29. The quantitative estimate of drug-likeness (QED) is 0.667. The minimum Gasteiger partial charge on any atom is -0.397 e. The Bertz CT molecular complexity index is 347. The molecule has 14 heavy (non-hydrogen) atoms. The summed E-state index contributed by atoms with van der Waals surface area (Å²) in [6.07, 6.45) is 3.65. The molecule has 0 atom stereocenters. The first-order valence-electron chi connectivity index (χ1n) is 4.76. The summed E-state index contributed by atoms with van der Waals surface area (Å²) >= 11 is 0. The molecule has 0 spiro atoms. The molecule has 0 aromatic carbocycles. The standard InChI is InChI=1S/C10H15N3O/c1-7-4-8(11)5-12-9(7)13-10(6-14)2-3-10/h4-5,14H,2-3,6,11H2,1H3,(H,12,13). The lowest BCUT2D eigenvalue weighted by Crippen LogP contribution is -2.26. The van der Waals surface area contributed by atoms with Crippen LogP contribution in [0.3, 0.4) is 0 Å². The molecular weight excluding hydrogens is 178 g/mol. The summed E-state index contributed by atoms with van der Waals surface area (Å²) in [5.74, 6) is 0.825. The van der Waals surface area contributed by atoms with Crippen LogP contribution in [0, 0.1) is 6.92 Å². The molecule has 76 valence electrons. The lowest BCUT2D eigenvalue weighted by atomic mass is 10.2. The van der Waals surface area contributed by atoms with Crippen molar-refractivity contribution in [2.75, 3.05) is 17.7 Å². The molecule has 1 aliphatic carbocycles. The van der Waals surface area contributed by atoms with Crippen LogP contribution < -0.4 is 11.1 Å². The van der Waals surface area contributed by atoms with Crippen molar-refractivity contribution in [3.8, 4) is 0 Å². The lowest BCUT2D eigenvalue weighted by molar-refractivity contribution is 0.266. The van der Waals surface area contributed by atoms with Gasteiger partial charge >= 0.3 is 0 Å². The van der Waals surface area contributed by atoms with E-state index in [1.54, 1.807) is 6.20 Å². The highest BCUT2D eigenvalue weighted by molar-refractivity contribution is 5.53. The second-order valence-electron chi connectivity index (χ2n) is 4.00. The summed E-state index contributed by atoms with van der Waals surface area (Å²) < 4.78 is 0. The van der Waals surface area contributed by atoms with E-state index in [1.807, 2.05) is 13.0 Å². The highest BCUT2D eigenvalue weighted by atomic mass is 16.3. The molecule has 1 heterocycles. The number of aryl methyl sites for hydroxylation is 1. The number of aliphatic hydroxyl groups excluding tert-OH is 1. The maximum atomic E-state index is 9.15. The molecule has 1 aliphatic rings. The molecule has 1 aromatic rings. The normalized spacial score (nSPS) is 17.9. The van der Waals surface area contributed by atoms with E-state index < -0.39 is 0 Å². The Balaban J connectivity index is 2.17. The zero-order chi connectivity index (χ0) is 10.2. The van der Waals surface area contributed by atoms with Crippen LogP contribution in [0.1, 0.15) is 18.4 Å². The number of pyridine rings is 1. The topological polar surface area (TPSA) is 71.2 Å². The first-order chi connectivity index (χ1) is 6.65. The molecule has 2 rings (SSSR count). The van der Waals surface area contributed by atoms with E-state index in [2.05, 4.69) is 10.3 Å². The predicted octanol–water partition coefficient (Wildman–Crippen LogP) is 0.909. The second kappa shape index (κ2) is 3.13. The van der Waals surface area contributed by atoms with E-state index >= 15 is 0 Å². The molecular formula is C10H15N3O. The van der Waals surface area contributed by atoms with Crippen molar-refractivity contribution in [2.45, 2.75) is 25.3 Å². The zero-order valence-electron chi connectivity index (χ0n) is 8.25. The third-order valence-corrected chi connectivity index (χ3v) is 2.64. The first-order valence-corrected chi connectivity index (χ1v) is 4.76. The van der Waals surface area contributed by atoms with Gasteiger partial charge in [0, 0.05) is 0 Å². The van der Waals surface area contributed by atoms with Gasteiger partial charge in [0.15, 0.2) is 0 Å². The van der Waals surface area contributed by atoms with Crippen LogP contribution in [0.25, 0.3) is 0 Å². The fourth-order valence-electron chi connectivity index (χ4n) is 1.45. The number of aromatic nitrogens is 1. The molecule has 0 unspecified atom stereocenters. The Morgan fingerprint density at radius 3 is 2.86 bits per heavy atom. The van der Waals surface area contributed by atoms with Gasteiger partial charge in [0.1, 0.15) is 5.82 Å². The van der Waals surface area contributed by atoms with E-state index in [1.165, 1.54) is 0 Å². The summed E-state index contributed by atoms with van der Waals surface area (Å²) in [7, 11) is 0. The summed E-state index contributed by atoms with van der Waals surface area (Å²) in [6.45, 7) is 2.12. The molecule has 1 fully saturated rings. The fraction of sp³-hybridized carbons (Fsp3) is 0.500. The predicted molar refractivity (Wildman–Crippen MR) is 56.1 cm³/mol. The Labute approximate surface area is 83.2 Å². The monoisotopic (exact) mass is 193 g/mol. The highest BCUT2D eigenvalue weighted by Crippen LogP contribution is 2.38. The van der Waals surface area contributed by atoms with Gasteiger partial charge in [0.25, 0.3) is 0 Å². The Morgan fingerprint density at radius 1 is 1.64 bits per heavy atom. The van der Waals surface area contributed by atoms with Crippen LogP contribution in [0.5, 0.6) is 0 Å². The van der Waals surface area contributed by atoms with Crippen molar-refractivity contribution in [3.63, 3.8) is 0 Å². The summed E-state index contributed by atoms with van der Waals surface area (Å²) in [5, 5.41) is 12.4. The number of hydrogen-bond donors (Lipinski definition) is 3. The Morgan fingerprint density at radius 2 is 2.36 bits per heavy atom. The van der Waals surface area contributed by atoms with Crippen molar-refractivity contribution in [2.24, 2.45) is 0 Å². The van der Waals surface area contributed by atoms with Gasteiger partial charge in [-0.3, -0.25) is 0 Å². The molecule has 0 amide bonds. The number of nitrogen functional groups attached to an aromatic ring is 1. The number of hydrogen-bond acceptors (Lipinski definition) is 4. The SMILES string of the molecule is Cc1cc(N)cnc1NC1(CO)CC1. The van der Waals surface area contributed by atoms with Crippen molar-refractivity contribution >= 4 is 11.5 Å². The highest BCUT2D eigenvalue weighted by Gasteiger charge is 2.42. The molecule has 0 radical (unpaired) electrons. The van der Waals surface area contributed by atoms with Gasteiger partial charge in [-0.05, 0) is 31.4 Å². The van der Waals surface area contributed by atoms with Crippen LogP contribution in [0.2, 0.25) is 0 Å². The average Bonchev–Trinajstić information content (AvgIpc) is 2.91. The molecule has 0 aliphatic heterocycles. The smallest absolute Gasteiger partial charge is 0.129 e. The lowest BCUT2D eigenvalue weighted by Gasteiger charge is -2.16. The summed E-state index contributed by atoms with van der Waals surface area (Å²) in [6, 6.07) is 1.88. The number of aliphatic hydroxyl groups is 1. The maximum Gasteiger partial charge on any atom is 0.129 e. The first kappa shape index (κ1) is 9.27. The summed E-state index contributed by atoms with van der Waals surface area (Å²) in [5.41, 5.74) is 7.17. The van der Waals surface area contributed by atoms with Gasteiger partial charge in [-0.2, -0.15) is 0 Å². The number of nitrogens with zero attached hydrogens (tertiary/aromatic N) is 1. The van der Waals surface area contributed by atoms with E-state index in [0.29, 0.717) is 5.69 Å². The molecule has 0 saturated heterocycles. The van der Waals surface area contributed by atoms with Gasteiger partial charge in [-0.1, -0.05) is 0 Å². The van der Waals surface area contributed by atoms with Gasteiger partial charge in [-0.15, -0.1) is 0 Å². The Kier molecular flexibility index (Phi) is 2.07. The molecule has 4 nitrogen and oxygen atoms in total. The van der Waals surface area contributed by atoms with Crippen LogP contribution >= 0.6 is 0 Å².